The minimum absolute atomic E-state index is 0. The molecule has 0 bridgehead atoms. The van der Waals surface area contributed by atoms with Gasteiger partial charge < -0.3 is 5.73 Å². The van der Waals surface area contributed by atoms with Gasteiger partial charge in [-0.05, 0) is 30.0 Å². The van der Waals surface area contributed by atoms with E-state index >= 15 is 0 Å². The third kappa shape index (κ3) is 3.89. The summed E-state index contributed by atoms with van der Waals surface area (Å²) in [5.74, 6) is 0.678. The molecule has 0 unspecified atom stereocenters. The summed E-state index contributed by atoms with van der Waals surface area (Å²) in [6.07, 6.45) is -0.979. The minimum Gasteiger partial charge on any atom is -0.324 e. The number of halogens is 4. The molecular weight excluding hydrogens is 251 g/mol. The van der Waals surface area contributed by atoms with Crippen molar-refractivity contribution in [3.8, 4) is 0 Å². The van der Waals surface area contributed by atoms with Gasteiger partial charge in [-0.3, -0.25) is 0 Å². The Morgan fingerprint density at radius 1 is 1.18 bits per heavy atom. The van der Waals surface area contributed by atoms with Crippen LogP contribution in [0.15, 0.2) is 24.3 Å². The van der Waals surface area contributed by atoms with Gasteiger partial charge in [-0.15, -0.1) is 12.4 Å². The average Bonchev–Trinajstić information content (AvgIpc) is 3.00. The molecule has 0 radical (unpaired) electrons. The molecule has 1 aromatic rings. The van der Waals surface area contributed by atoms with Crippen molar-refractivity contribution in [1.29, 1.82) is 0 Å². The van der Waals surface area contributed by atoms with Gasteiger partial charge in [0.2, 0.25) is 0 Å². The maximum atomic E-state index is 12.3. The molecule has 1 aliphatic carbocycles. The molecule has 1 atom stereocenters. The highest BCUT2D eigenvalue weighted by Crippen LogP contribution is 2.37. The molecule has 0 amide bonds. The second kappa shape index (κ2) is 5.27. The first-order chi connectivity index (χ1) is 7.47. The summed E-state index contributed by atoms with van der Waals surface area (Å²) in [5.41, 5.74) is 6.09. The summed E-state index contributed by atoms with van der Waals surface area (Å²) in [6, 6.07) is 5.03. The molecule has 1 nitrogen and oxygen atoms in total. The number of alkyl halides is 3. The molecule has 1 aliphatic rings. The molecule has 0 saturated heterocycles. The van der Waals surface area contributed by atoms with Gasteiger partial charge in [0.05, 0.1) is 5.56 Å². The van der Waals surface area contributed by atoms with Crippen molar-refractivity contribution in [2.75, 3.05) is 0 Å². The van der Waals surface area contributed by atoms with Gasteiger partial charge in [-0.2, -0.15) is 13.2 Å². The van der Waals surface area contributed by atoms with Crippen LogP contribution < -0.4 is 5.73 Å². The van der Waals surface area contributed by atoms with E-state index in [1.54, 1.807) is 0 Å². The SMILES string of the molecule is Cl.N[C@@H](CC1CC1)c1ccc(C(F)(F)F)cc1. The van der Waals surface area contributed by atoms with Crippen LogP contribution in [-0.4, -0.2) is 0 Å². The minimum atomic E-state index is -4.26. The molecule has 5 heteroatoms. The van der Waals surface area contributed by atoms with E-state index in [4.69, 9.17) is 5.73 Å². The van der Waals surface area contributed by atoms with Gasteiger partial charge in [0.1, 0.15) is 0 Å². The first-order valence-corrected chi connectivity index (χ1v) is 5.39. The fourth-order valence-corrected chi connectivity index (χ4v) is 1.77. The van der Waals surface area contributed by atoms with Crippen LogP contribution in [0.5, 0.6) is 0 Å². The van der Waals surface area contributed by atoms with Crippen molar-refractivity contribution in [3.05, 3.63) is 35.4 Å². The zero-order valence-electron chi connectivity index (χ0n) is 9.20. The topological polar surface area (TPSA) is 26.0 Å². The summed E-state index contributed by atoms with van der Waals surface area (Å²) in [6.45, 7) is 0. The van der Waals surface area contributed by atoms with E-state index in [1.165, 1.54) is 25.0 Å². The fourth-order valence-electron chi connectivity index (χ4n) is 1.77. The maximum Gasteiger partial charge on any atom is 0.416 e. The lowest BCUT2D eigenvalue weighted by molar-refractivity contribution is -0.137. The Morgan fingerprint density at radius 3 is 2.12 bits per heavy atom. The lowest BCUT2D eigenvalue weighted by Crippen LogP contribution is -2.12. The molecule has 2 rings (SSSR count). The van der Waals surface area contributed by atoms with Crippen molar-refractivity contribution < 1.29 is 13.2 Å². The van der Waals surface area contributed by atoms with Crippen molar-refractivity contribution in [2.45, 2.75) is 31.5 Å². The third-order valence-corrected chi connectivity index (χ3v) is 2.95. The van der Waals surface area contributed by atoms with Crippen molar-refractivity contribution in [3.63, 3.8) is 0 Å². The molecule has 0 aromatic heterocycles. The van der Waals surface area contributed by atoms with E-state index in [9.17, 15) is 13.2 Å². The van der Waals surface area contributed by atoms with Crippen LogP contribution in [0.2, 0.25) is 0 Å². The summed E-state index contributed by atoms with van der Waals surface area (Å²) >= 11 is 0. The van der Waals surface area contributed by atoms with E-state index in [0.717, 1.165) is 24.1 Å². The highest BCUT2D eigenvalue weighted by Gasteiger charge is 2.30. The lowest BCUT2D eigenvalue weighted by Gasteiger charge is -2.13. The van der Waals surface area contributed by atoms with E-state index in [0.29, 0.717) is 5.92 Å². The van der Waals surface area contributed by atoms with E-state index in [-0.39, 0.29) is 18.4 Å². The second-order valence-corrected chi connectivity index (χ2v) is 4.41. The van der Waals surface area contributed by atoms with Gasteiger partial charge >= 0.3 is 6.18 Å². The van der Waals surface area contributed by atoms with E-state index < -0.39 is 11.7 Å². The first kappa shape index (κ1) is 14.3. The molecule has 17 heavy (non-hydrogen) atoms. The Balaban J connectivity index is 0.00000144. The highest BCUT2D eigenvalue weighted by atomic mass is 35.5. The smallest absolute Gasteiger partial charge is 0.324 e. The summed E-state index contributed by atoms with van der Waals surface area (Å²) in [7, 11) is 0. The van der Waals surface area contributed by atoms with Crippen LogP contribution in [0.25, 0.3) is 0 Å². The van der Waals surface area contributed by atoms with Crippen molar-refractivity contribution in [1.82, 2.24) is 0 Å². The molecule has 0 spiro atoms. The van der Waals surface area contributed by atoms with Gasteiger partial charge in [0, 0.05) is 6.04 Å². The molecule has 1 fully saturated rings. The van der Waals surface area contributed by atoms with Crippen LogP contribution >= 0.6 is 12.4 Å². The summed E-state index contributed by atoms with van der Waals surface area (Å²) in [5, 5.41) is 0. The first-order valence-electron chi connectivity index (χ1n) is 5.39. The normalized spacial score (nSPS) is 17.4. The molecule has 96 valence electrons. The molecule has 0 heterocycles. The molecular formula is C12H15ClF3N. The highest BCUT2D eigenvalue weighted by molar-refractivity contribution is 5.85. The van der Waals surface area contributed by atoms with Crippen LogP contribution in [0.4, 0.5) is 13.2 Å². The third-order valence-electron chi connectivity index (χ3n) is 2.95. The lowest BCUT2D eigenvalue weighted by atomic mass is 10.0. The second-order valence-electron chi connectivity index (χ2n) is 4.41. The predicted octanol–water partition coefficient (Wildman–Crippen LogP) is 3.93. The van der Waals surface area contributed by atoms with E-state index in [1.807, 2.05) is 0 Å². The van der Waals surface area contributed by atoms with Crippen LogP contribution in [0.3, 0.4) is 0 Å². The van der Waals surface area contributed by atoms with Gasteiger partial charge in [0.25, 0.3) is 0 Å². The standard InChI is InChI=1S/C12H14F3N.ClH/c13-12(14,15)10-5-3-9(4-6-10)11(16)7-8-1-2-8;/h3-6,8,11H,1-2,7,16H2;1H/t11-;/m0./s1. The van der Waals surface area contributed by atoms with Gasteiger partial charge in [0.15, 0.2) is 0 Å². The molecule has 0 aliphatic heterocycles. The molecule has 1 aromatic carbocycles. The summed E-state index contributed by atoms with van der Waals surface area (Å²) < 4.78 is 36.9. The van der Waals surface area contributed by atoms with E-state index in [2.05, 4.69) is 0 Å². The zero-order chi connectivity index (χ0) is 11.8. The van der Waals surface area contributed by atoms with Gasteiger partial charge in [-0.1, -0.05) is 25.0 Å². The largest absolute Gasteiger partial charge is 0.416 e. The Bertz CT molecular complexity index is 357. The Hall–Kier alpha value is -0.740. The average molecular weight is 266 g/mol. The van der Waals surface area contributed by atoms with Crippen molar-refractivity contribution >= 4 is 12.4 Å². The van der Waals surface area contributed by atoms with Crippen molar-refractivity contribution in [2.24, 2.45) is 11.7 Å². The Morgan fingerprint density at radius 2 is 1.71 bits per heavy atom. The number of hydrogen-bond donors (Lipinski definition) is 1. The number of rotatable bonds is 3. The zero-order valence-corrected chi connectivity index (χ0v) is 10.0. The Kier molecular flexibility index (Phi) is 4.44. The van der Waals surface area contributed by atoms with Crippen LogP contribution in [-0.2, 0) is 6.18 Å². The molecule has 1 saturated carbocycles. The fraction of sp³-hybridized carbons (Fsp3) is 0.500. The Labute approximate surface area is 105 Å². The number of benzene rings is 1. The quantitative estimate of drug-likeness (QED) is 0.881. The number of nitrogens with two attached hydrogens (primary N) is 1. The maximum absolute atomic E-state index is 12.3. The van der Waals surface area contributed by atoms with Crippen LogP contribution in [0, 0.1) is 5.92 Å². The molecule has 2 N–H and O–H groups in total. The monoisotopic (exact) mass is 265 g/mol. The van der Waals surface area contributed by atoms with Gasteiger partial charge in [-0.25, -0.2) is 0 Å². The summed E-state index contributed by atoms with van der Waals surface area (Å²) in [4.78, 5) is 0. The van der Waals surface area contributed by atoms with Crippen LogP contribution in [0.1, 0.15) is 36.4 Å². The number of hydrogen-bond acceptors (Lipinski definition) is 1. The predicted molar refractivity (Wildman–Crippen MR) is 63.0 cm³/mol.